The number of amides is 2. The normalized spacial score (nSPS) is 19.6. The van der Waals surface area contributed by atoms with Crippen molar-refractivity contribution in [2.45, 2.75) is 37.5 Å². The van der Waals surface area contributed by atoms with Crippen molar-refractivity contribution in [3.63, 3.8) is 0 Å². The quantitative estimate of drug-likeness (QED) is 0.563. The third-order valence-corrected chi connectivity index (χ3v) is 7.83. The van der Waals surface area contributed by atoms with Crippen molar-refractivity contribution in [2.75, 3.05) is 46.4 Å². The van der Waals surface area contributed by atoms with E-state index in [9.17, 15) is 22.8 Å². The number of nitrogens with zero attached hydrogens (tertiary/aromatic N) is 3. The van der Waals surface area contributed by atoms with E-state index in [1.54, 1.807) is 11.8 Å². The lowest BCUT2D eigenvalue weighted by Gasteiger charge is -2.32. The van der Waals surface area contributed by atoms with Crippen LogP contribution in [0, 0.1) is 5.92 Å². The summed E-state index contributed by atoms with van der Waals surface area (Å²) in [6.45, 7) is 3.80. The molecular weight excluding hydrogens is 434 g/mol. The van der Waals surface area contributed by atoms with Crippen molar-refractivity contribution in [2.24, 2.45) is 5.92 Å². The lowest BCUT2D eigenvalue weighted by atomic mass is 9.98. The zero-order valence-electron chi connectivity index (χ0n) is 18.7. The molecule has 0 saturated carbocycles. The van der Waals surface area contributed by atoms with Crippen LogP contribution < -0.4 is 0 Å². The Bertz CT molecular complexity index is 941. The second-order valence-electron chi connectivity index (χ2n) is 8.23. The second kappa shape index (κ2) is 10.4. The molecule has 3 rings (SSSR count). The summed E-state index contributed by atoms with van der Waals surface area (Å²) < 4.78 is 31.8. The summed E-state index contributed by atoms with van der Waals surface area (Å²) >= 11 is 0. The lowest BCUT2D eigenvalue weighted by molar-refractivity contribution is -0.151. The molecule has 1 atom stereocenters. The van der Waals surface area contributed by atoms with E-state index < -0.39 is 10.0 Å². The third-order valence-electron chi connectivity index (χ3n) is 5.92. The highest BCUT2D eigenvalue weighted by atomic mass is 32.2. The molecule has 2 fully saturated rings. The van der Waals surface area contributed by atoms with Crippen molar-refractivity contribution in [1.82, 2.24) is 14.1 Å². The average Bonchev–Trinajstić information content (AvgIpc) is 3.35. The molecule has 176 valence electrons. The monoisotopic (exact) mass is 465 g/mol. The van der Waals surface area contributed by atoms with Crippen LogP contribution in [0.4, 0.5) is 0 Å². The van der Waals surface area contributed by atoms with Crippen LogP contribution in [0.15, 0.2) is 29.2 Å². The standard InChI is InChI=1S/C22H31N3O6S/c1-3-31-22(28)18-7-6-12-24(15-18)20(26)16-23(2)21(27)17-8-10-19(11-9-17)32(29,30)25-13-4-5-14-25/h8-11,18H,3-7,12-16H2,1-2H3. The predicted molar refractivity (Wildman–Crippen MR) is 117 cm³/mol. The van der Waals surface area contributed by atoms with E-state index in [0.717, 1.165) is 12.8 Å². The molecule has 0 bridgehead atoms. The summed E-state index contributed by atoms with van der Waals surface area (Å²) in [7, 11) is -2.01. The number of piperidine rings is 1. The first-order valence-electron chi connectivity index (χ1n) is 11.0. The Morgan fingerprint density at radius 3 is 2.34 bits per heavy atom. The van der Waals surface area contributed by atoms with Crippen molar-refractivity contribution in [3.8, 4) is 0 Å². The predicted octanol–water partition coefficient (Wildman–Crippen LogP) is 1.34. The molecule has 0 N–H and O–H groups in total. The maximum Gasteiger partial charge on any atom is 0.310 e. The number of hydrogen-bond donors (Lipinski definition) is 0. The molecule has 10 heteroatoms. The Hall–Kier alpha value is -2.46. The van der Waals surface area contributed by atoms with Crippen molar-refractivity contribution in [1.29, 1.82) is 0 Å². The van der Waals surface area contributed by atoms with Crippen LogP contribution in [0.3, 0.4) is 0 Å². The zero-order chi connectivity index (χ0) is 23.3. The molecule has 2 aliphatic heterocycles. The van der Waals surface area contributed by atoms with Gasteiger partial charge in [0.25, 0.3) is 5.91 Å². The molecule has 2 saturated heterocycles. The number of likely N-dealkylation sites (tertiary alicyclic amines) is 1. The lowest BCUT2D eigenvalue weighted by Crippen LogP contribution is -2.47. The van der Waals surface area contributed by atoms with E-state index in [2.05, 4.69) is 0 Å². The van der Waals surface area contributed by atoms with Gasteiger partial charge in [-0.25, -0.2) is 8.42 Å². The number of carbonyl (C=O) groups excluding carboxylic acids is 3. The largest absolute Gasteiger partial charge is 0.466 e. The van der Waals surface area contributed by atoms with Gasteiger partial charge in [0, 0.05) is 38.8 Å². The molecule has 9 nitrogen and oxygen atoms in total. The van der Waals surface area contributed by atoms with E-state index in [-0.39, 0.29) is 35.1 Å². The van der Waals surface area contributed by atoms with E-state index in [0.29, 0.717) is 51.2 Å². The molecule has 0 spiro atoms. The van der Waals surface area contributed by atoms with E-state index in [4.69, 9.17) is 4.74 Å². The van der Waals surface area contributed by atoms with Gasteiger partial charge < -0.3 is 14.5 Å². The van der Waals surface area contributed by atoms with Crippen molar-refractivity contribution >= 4 is 27.8 Å². The van der Waals surface area contributed by atoms with Gasteiger partial charge >= 0.3 is 5.97 Å². The molecule has 32 heavy (non-hydrogen) atoms. The molecule has 0 aromatic heterocycles. The van der Waals surface area contributed by atoms with Crippen molar-refractivity contribution in [3.05, 3.63) is 29.8 Å². The minimum atomic E-state index is -3.54. The van der Waals surface area contributed by atoms with Crippen LogP contribution in [0.1, 0.15) is 43.0 Å². The van der Waals surface area contributed by atoms with E-state index >= 15 is 0 Å². The van der Waals surface area contributed by atoms with Crippen LogP contribution in [0.2, 0.25) is 0 Å². The number of rotatable bonds is 7. The van der Waals surface area contributed by atoms with Crippen LogP contribution in [0.25, 0.3) is 0 Å². The molecule has 1 unspecified atom stereocenters. The van der Waals surface area contributed by atoms with Gasteiger partial charge in [0.1, 0.15) is 0 Å². The number of carbonyl (C=O) groups is 3. The van der Waals surface area contributed by atoms with Crippen LogP contribution >= 0.6 is 0 Å². The fourth-order valence-electron chi connectivity index (χ4n) is 4.10. The number of hydrogen-bond acceptors (Lipinski definition) is 6. The molecule has 2 aliphatic rings. The first kappa shape index (κ1) is 24.2. The Balaban J connectivity index is 1.59. The molecule has 0 radical (unpaired) electrons. The Labute approximate surface area is 189 Å². The average molecular weight is 466 g/mol. The minimum Gasteiger partial charge on any atom is -0.466 e. The van der Waals surface area contributed by atoms with E-state index in [1.807, 2.05) is 0 Å². The van der Waals surface area contributed by atoms with Crippen LogP contribution in [-0.2, 0) is 24.3 Å². The maximum atomic E-state index is 12.8. The van der Waals surface area contributed by atoms with Gasteiger partial charge in [-0.05, 0) is 56.9 Å². The van der Waals surface area contributed by atoms with Crippen LogP contribution in [-0.4, -0.2) is 86.7 Å². The SMILES string of the molecule is CCOC(=O)C1CCCN(C(=O)CN(C)C(=O)c2ccc(S(=O)(=O)N3CCCC3)cc2)C1. The molecule has 1 aromatic carbocycles. The van der Waals surface area contributed by atoms with Gasteiger partial charge in [-0.2, -0.15) is 4.31 Å². The van der Waals surface area contributed by atoms with Gasteiger partial charge in [-0.15, -0.1) is 0 Å². The Kier molecular flexibility index (Phi) is 7.89. The molecular formula is C22H31N3O6S. The second-order valence-corrected chi connectivity index (χ2v) is 10.2. The Morgan fingerprint density at radius 2 is 1.72 bits per heavy atom. The van der Waals surface area contributed by atoms with Gasteiger partial charge in [0.05, 0.1) is 24.0 Å². The van der Waals surface area contributed by atoms with Crippen LogP contribution in [0.5, 0.6) is 0 Å². The highest BCUT2D eigenvalue weighted by Gasteiger charge is 2.31. The first-order chi connectivity index (χ1) is 15.2. The summed E-state index contributed by atoms with van der Waals surface area (Å²) in [5, 5.41) is 0. The van der Waals surface area contributed by atoms with Gasteiger partial charge in [0.15, 0.2) is 0 Å². The third kappa shape index (κ3) is 5.47. The summed E-state index contributed by atoms with van der Waals surface area (Å²) in [6, 6.07) is 5.82. The summed E-state index contributed by atoms with van der Waals surface area (Å²) in [6.07, 6.45) is 3.10. The number of ether oxygens (including phenoxy) is 1. The van der Waals surface area contributed by atoms with E-state index in [1.165, 1.54) is 40.5 Å². The smallest absolute Gasteiger partial charge is 0.310 e. The Morgan fingerprint density at radius 1 is 1.06 bits per heavy atom. The summed E-state index contributed by atoms with van der Waals surface area (Å²) in [4.78, 5) is 40.5. The number of sulfonamides is 1. The molecule has 1 aromatic rings. The molecule has 0 aliphatic carbocycles. The van der Waals surface area contributed by atoms with Gasteiger partial charge in [0.2, 0.25) is 15.9 Å². The minimum absolute atomic E-state index is 0.123. The fourth-order valence-corrected chi connectivity index (χ4v) is 5.62. The summed E-state index contributed by atoms with van der Waals surface area (Å²) in [5.41, 5.74) is 0.309. The highest BCUT2D eigenvalue weighted by Crippen LogP contribution is 2.22. The van der Waals surface area contributed by atoms with Crippen molar-refractivity contribution < 1.29 is 27.5 Å². The fraction of sp³-hybridized carbons (Fsp3) is 0.591. The van der Waals surface area contributed by atoms with Gasteiger partial charge in [-0.3, -0.25) is 14.4 Å². The number of likely N-dealkylation sites (N-methyl/N-ethyl adjacent to an activating group) is 1. The summed E-state index contributed by atoms with van der Waals surface area (Å²) in [5.74, 6) is -1.23. The van der Waals surface area contributed by atoms with Gasteiger partial charge in [-0.1, -0.05) is 0 Å². The number of esters is 1. The topological polar surface area (TPSA) is 104 Å². The number of benzene rings is 1. The zero-order valence-corrected chi connectivity index (χ0v) is 19.5. The highest BCUT2D eigenvalue weighted by molar-refractivity contribution is 7.89. The maximum absolute atomic E-state index is 12.8. The molecule has 2 heterocycles. The first-order valence-corrected chi connectivity index (χ1v) is 12.5. The molecule has 2 amide bonds.